The van der Waals surface area contributed by atoms with Gasteiger partial charge in [0.15, 0.2) is 16.7 Å². The number of furan rings is 1. The van der Waals surface area contributed by atoms with Gasteiger partial charge in [0.05, 0.1) is 6.26 Å². The van der Waals surface area contributed by atoms with Gasteiger partial charge in [0, 0.05) is 12.7 Å². The molecule has 1 N–H and O–H groups in total. The van der Waals surface area contributed by atoms with Crippen LogP contribution in [0, 0.1) is 0 Å². The molecule has 0 atom stereocenters. The van der Waals surface area contributed by atoms with E-state index in [-0.39, 0.29) is 22.6 Å². The maximum absolute atomic E-state index is 14.2. The summed E-state index contributed by atoms with van der Waals surface area (Å²) in [7, 11) is 1.52. The van der Waals surface area contributed by atoms with Crippen LogP contribution < -0.4 is 5.32 Å². The van der Waals surface area contributed by atoms with Crippen molar-refractivity contribution in [2.75, 3.05) is 5.32 Å². The normalized spacial score (nSPS) is 11.5. The Labute approximate surface area is 139 Å². The molecule has 3 rings (SSSR count). The number of aromatic nitrogens is 3. The van der Waals surface area contributed by atoms with Crippen LogP contribution in [0.2, 0.25) is 0 Å². The molecule has 0 bridgehead atoms. The molecule has 124 valence electrons. The lowest BCUT2D eigenvalue weighted by molar-refractivity contribution is -0.129. The minimum Gasteiger partial charge on any atom is -0.461 e. The third-order valence-electron chi connectivity index (χ3n) is 3.09. The first-order chi connectivity index (χ1) is 11.5. The largest absolute Gasteiger partial charge is 0.461 e. The molecule has 0 spiro atoms. The Balaban J connectivity index is 1.76. The van der Waals surface area contributed by atoms with E-state index in [1.807, 2.05) is 0 Å². The number of benzene rings is 1. The van der Waals surface area contributed by atoms with Crippen LogP contribution in [0.3, 0.4) is 0 Å². The average Bonchev–Trinajstić information content (AvgIpc) is 3.19. The molecule has 0 fully saturated rings. The van der Waals surface area contributed by atoms with Gasteiger partial charge in [-0.2, -0.15) is 8.78 Å². The first-order valence-corrected chi connectivity index (χ1v) is 7.65. The molecule has 3 aromatic rings. The summed E-state index contributed by atoms with van der Waals surface area (Å²) in [5.74, 6) is -0.739. The van der Waals surface area contributed by atoms with Crippen molar-refractivity contribution in [2.45, 2.75) is 10.4 Å². The molecule has 0 saturated heterocycles. The van der Waals surface area contributed by atoms with E-state index in [1.54, 1.807) is 30.3 Å². The van der Waals surface area contributed by atoms with Crippen molar-refractivity contribution < 1.29 is 18.0 Å². The number of hydrogen-bond acceptors (Lipinski definition) is 5. The van der Waals surface area contributed by atoms with Crippen LogP contribution in [-0.4, -0.2) is 25.9 Å². The zero-order valence-corrected chi connectivity index (χ0v) is 13.3. The minimum atomic E-state index is -3.71. The average molecular weight is 350 g/mol. The summed E-state index contributed by atoms with van der Waals surface area (Å²) in [6.45, 7) is 0. The van der Waals surface area contributed by atoms with Crippen LogP contribution in [0.5, 0.6) is 0 Å². The molecule has 2 aromatic heterocycles. The Morgan fingerprint density at radius 1 is 1.21 bits per heavy atom. The molecule has 1 aromatic carbocycles. The number of carbonyl (C=O) groups excluding carboxylic acids is 1. The van der Waals surface area contributed by atoms with Gasteiger partial charge in [0.1, 0.15) is 0 Å². The van der Waals surface area contributed by atoms with Gasteiger partial charge < -0.3 is 14.3 Å². The first-order valence-electron chi connectivity index (χ1n) is 6.84. The Morgan fingerprint density at radius 3 is 2.62 bits per heavy atom. The monoisotopic (exact) mass is 350 g/mol. The Bertz CT molecular complexity index is 835. The lowest BCUT2D eigenvalue weighted by Gasteiger charge is -2.14. The maximum Gasteiger partial charge on any atom is 0.378 e. The molecule has 0 aliphatic carbocycles. The van der Waals surface area contributed by atoms with Crippen molar-refractivity contribution in [1.82, 2.24) is 14.8 Å². The number of hydrogen-bond donors (Lipinski definition) is 1. The van der Waals surface area contributed by atoms with Crippen molar-refractivity contribution in [3.63, 3.8) is 0 Å². The Kier molecular flexibility index (Phi) is 4.34. The molecule has 0 saturated carbocycles. The number of alkyl halides is 2. The predicted octanol–water partition coefficient (Wildman–Crippen LogP) is 3.40. The number of carbonyl (C=O) groups is 1. The Morgan fingerprint density at radius 2 is 1.96 bits per heavy atom. The number of thioether (sulfide) groups is 1. The number of anilines is 1. The van der Waals surface area contributed by atoms with Gasteiger partial charge in [-0.25, -0.2) is 0 Å². The molecule has 6 nitrogen and oxygen atoms in total. The van der Waals surface area contributed by atoms with Crippen LogP contribution in [0.4, 0.5) is 14.5 Å². The van der Waals surface area contributed by atoms with Crippen LogP contribution >= 0.6 is 11.8 Å². The summed E-state index contributed by atoms with van der Waals surface area (Å²) < 4.78 is 34.8. The maximum atomic E-state index is 14.2. The number of halogens is 2. The van der Waals surface area contributed by atoms with Gasteiger partial charge >= 0.3 is 11.2 Å². The van der Waals surface area contributed by atoms with Crippen molar-refractivity contribution >= 4 is 23.4 Å². The van der Waals surface area contributed by atoms with Gasteiger partial charge in [-0.1, -0.05) is 18.2 Å². The quantitative estimate of drug-likeness (QED) is 0.714. The Hall–Kier alpha value is -2.68. The van der Waals surface area contributed by atoms with Crippen LogP contribution in [-0.2, 0) is 11.8 Å². The van der Waals surface area contributed by atoms with Gasteiger partial charge in [-0.05, 0) is 36.0 Å². The van der Waals surface area contributed by atoms with E-state index in [1.165, 1.54) is 30.0 Å². The standard InChI is InChI=1S/C15H12F2N4O2S/c1-21-12(11-8-5-9-23-11)19-20-14(21)24-15(16,17)13(22)18-10-6-3-2-4-7-10/h2-9H,1H3,(H,18,22). The topological polar surface area (TPSA) is 73.0 Å². The summed E-state index contributed by atoms with van der Waals surface area (Å²) in [4.78, 5) is 11.8. The second kappa shape index (κ2) is 6.44. The van der Waals surface area contributed by atoms with E-state index in [0.717, 1.165) is 0 Å². The molecule has 9 heteroatoms. The molecule has 1 amide bonds. The highest BCUT2D eigenvalue weighted by atomic mass is 32.2. The highest BCUT2D eigenvalue weighted by Gasteiger charge is 2.42. The van der Waals surface area contributed by atoms with Gasteiger partial charge in [0.25, 0.3) is 0 Å². The molecule has 2 heterocycles. The van der Waals surface area contributed by atoms with E-state index in [9.17, 15) is 13.6 Å². The van der Waals surface area contributed by atoms with E-state index >= 15 is 0 Å². The van der Waals surface area contributed by atoms with Gasteiger partial charge in [-0.3, -0.25) is 4.79 Å². The second-order valence-corrected chi connectivity index (χ2v) is 5.86. The number of nitrogens with one attached hydrogen (secondary N) is 1. The minimum absolute atomic E-state index is 0.0203. The highest BCUT2D eigenvalue weighted by molar-refractivity contribution is 8.00. The summed E-state index contributed by atoms with van der Waals surface area (Å²) in [6.07, 6.45) is 1.44. The van der Waals surface area contributed by atoms with Crippen LogP contribution in [0.1, 0.15) is 0 Å². The van der Waals surface area contributed by atoms with E-state index in [4.69, 9.17) is 4.42 Å². The predicted molar refractivity (Wildman–Crippen MR) is 84.6 cm³/mol. The smallest absolute Gasteiger partial charge is 0.378 e. The number of nitrogens with zero attached hydrogens (tertiary/aromatic N) is 3. The van der Waals surface area contributed by atoms with Crippen molar-refractivity contribution in [1.29, 1.82) is 0 Å². The van der Waals surface area contributed by atoms with Crippen LogP contribution in [0.25, 0.3) is 11.6 Å². The number of rotatable bonds is 5. The van der Waals surface area contributed by atoms with E-state index in [2.05, 4.69) is 15.5 Å². The molecular formula is C15H12F2N4O2S. The molecule has 0 aliphatic heterocycles. The number of amides is 1. The summed E-state index contributed by atoms with van der Waals surface area (Å²) in [6, 6.07) is 11.3. The van der Waals surface area contributed by atoms with E-state index < -0.39 is 11.2 Å². The fourth-order valence-corrected chi connectivity index (χ4v) is 2.59. The lowest BCUT2D eigenvalue weighted by Crippen LogP contribution is -2.31. The summed E-state index contributed by atoms with van der Waals surface area (Å²) in [5.41, 5.74) is 0.289. The molecule has 0 radical (unpaired) electrons. The molecular weight excluding hydrogens is 338 g/mol. The third-order valence-corrected chi connectivity index (χ3v) is 4.07. The molecule has 0 aliphatic rings. The molecule has 0 unspecified atom stereocenters. The van der Waals surface area contributed by atoms with Gasteiger partial charge in [-0.15, -0.1) is 10.2 Å². The zero-order valence-electron chi connectivity index (χ0n) is 12.4. The SMILES string of the molecule is Cn1c(SC(F)(F)C(=O)Nc2ccccc2)nnc1-c1ccco1. The fraction of sp³-hybridized carbons (Fsp3) is 0.133. The third kappa shape index (κ3) is 3.30. The summed E-state index contributed by atoms with van der Waals surface area (Å²) in [5, 5.41) is 5.88. The first kappa shape index (κ1) is 16.2. The van der Waals surface area contributed by atoms with Crippen molar-refractivity contribution in [2.24, 2.45) is 7.05 Å². The van der Waals surface area contributed by atoms with Gasteiger partial charge in [0.2, 0.25) is 0 Å². The van der Waals surface area contributed by atoms with Crippen molar-refractivity contribution in [3.05, 3.63) is 48.7 Å². The fourth-order valence-electron chi connectivity index (χ4n) is 1.91. The zero-order chi connectivity index (χ0) is 17.2. The second-order valence-electron chi connectivity index (χ2n) is 4.78. The van der Waals surface area contributed by atoms with E-state index in [0.29, 0.717) is 11.6 Å². The summed E-state index contributed by atoms with van der Waals surface area (Å²) >= 11 is 0.0203. The number of para-hydroxylation sites is 1. The lowest BCUT2D eigenvalue weighted by atomic mass is 10.3. The van der Waals surface area contributed by atoms with Crippen molar-refractivity contribution in [3.8, 4) is 11.6 Å². The van der Waals surface area contributed by atoms with Crippen LogP contribution in [0.15, 0.2) is 58.3 Å². The molecule has 24 heavy (non-hydrogen) atoms. The highest BCUT2D eigenvalue weighted by Crippen LogP contribution is 2.36.